The third-order valence-electron chi connectivity index (χ3n) is 3.43. The van der Waals surface area contributed by atoms with Gasteiger partial charge in [0.15, 0.2) is 11.5 Å². The molecule has 8 heteroatoms. The van der Waals surface area contributed by atoms with E-state index in [1.807, 2.05) is 0 Å². The van der Waals surface area contributed by atoms with Gasteiger partial charge in [0, 0.05) is 5.57 Å². The Kier molecular flexibility index (Phi) is 8.98. The predicted octanol–water partition coefficient (Wildman–Crippen LogP) is 5.39. The Morgan fingerprint density at radius 1 is 1.12 bits per heavy atom. The largest absolute Gasteiger partial charge is 0.493 e. The Hall–Kier alpha value is -0.883. The highest BCUT2D eigenvalue weighted by atomic mass is 35.8. The summed E-state index contributed by atoms with van der Waals surface area (Å²) in [7, 11) is 3.09. The van der Waals surface area contributed by atoms with Crippen LogP contribution in [-0.2, 0) is 4.79 Å². The van der Waals surface area contributed by atoms with E-state index in [2.05, 4.69) is 0 Å². The number of carboxylic acid groups (broad SMARTS) is 1. The highest BCUT2D eigenvalue weighted by Crippen LogP contribution is 2.30. The molecule has 1 rings (SSSR count). The normalized spacial score (nSPS) is 12.1. The maximum Gasteiger partial charge on any atom is 0.341 e. The van der Waals surface area contributed by atoms with Crippen LogP contribution < -0.4 is 9.47 Å². The van der Waals surface area contributed by atoms with Crippen molar-refractivity contribution in [3.05, 3.63) is 29.3 Å². The lowest BCUT2D eigenvalue weighted by molar-refractivity contribution is -0.132. The molecule has 0 aliphatic carbocycles. The van der Waals surface area contributed by atoms with E-state index in [-0.39, 0.29) is 0 Å². The van der Waals surface area contributed by atoms with E-state index in [0.717, 1.165) is 24.8 Å². The van der Waals surface area contributed by atoms with Crippen molar-refractivity contribution >= 4 is 51.3 Å². The molecule has 0 amide bonds. The van der Waals surface area contributed by atoms with Gasteiger partial charge in [-0.3, -0.25) is 0 Å². The van der Waals surface area contributed by atoms with Crippen molar-refractivity contribution in [1.29, 1.82) is 0 Å². The summed E-state index contributed by atoms with van der Waals surface area (Å²) < 4.78 is 10.4. The third-order valence-corrected chi connectivity index (χ3v) is 6.05. The standard InChI is InChI=1S/C16H21Cl3O4Si/c1-22-14-8-7-12(11-15(14)23-2)10-13(16(20)21)6-4-3-5-9-24(17,18)19/h7-8,10-11H,3-6,9H2,1-2H3,(H,20,21)/b13-10+. The number of rotatable bonds is 10. The molecular weight excluding hydrogens is 391 g/mol. The molecular formula is C16H21Cl3O4Si. The molecule has 0 bridgehead atoms. The zero-order chi connectivity index (χ0) is 18.2. The molecule has 0 aromatic heterocycles. The molecule has 0 aliphatic rings. The molecule has 0 radical (unpaired) electrons. The number of ether oxygens (including phenoxy) is 2. The van der Waals surface area contributed by atoms with Gasteiger partial charge >= 0.3 is 12.0 Å². The summed E-state index contributed by atoms with van der Waals surface area (Å²) in [5.74, 6) is 0.228. The number of carboxylic acids is 1. The molecule has 134 valence electrons. The molecule has 1 aromatic rings. The molecule has 0 saturated heterocycles. The molecule has 0 fully saturated rings. The second-order valence-corrected chi connectivity index (χ2v) is 14.5. The predicted molar refractivity (Wildman–Crippen MR) is 102 cm³/mol. The van der Waals surface area contributed by atoms with E-state index in [1.165, 1.54) is 7.11 Å². The highest BCUT2D eigenvalue weighted by Gasteiger charge is 2.23. The maximum atomic E-state index is 11.4. The molecule has 24 heavy (non-hydrogen) atoms. The van der Waals surface area contributed by atoms with Gasteiger partial charge in [0.25, 0.3) is 0 Å². The van der Waals surface area contributed by atoms with Crippen LogP contribution in [0.25, 0.3) is 6.08 Å². The molecule has 4 nitrogen and oxygen atoms in total. The van der Waals surface area contributed by atoms with Gasteiger partial charge in [-0.1, -0.05) is 18.9 Å². The second kappa shape index (κ2) is 10.2. The second-order valence-electron chi connectivity index (χ2n) is 5.26. The summed E-state index contributed by atoms with van der Waals surface area (Å²) in [6.45, 7) is 0. The first-order valence-corrected chi connectivity index (χ1v) is 12.7. The Bertz CT molecular complexity index is 585. The Morgan fingerprint density at radius 2 is 1.79 bits per heavy atom. The van der Waals surface area contributed by atoms with Gasteiger partial charge in [0.2, 0.25) is 0 Å². The van der Waals surface area contributed by atoms with Crippen LogP contribution in [0.15, 0.2) is 23.8 Å². The molecule has 1 aromatic carbocycles. The van der Waals surface area contributed by atoms with E-state index < -0.39 is 12.0 Å². The van der Waals surface area contributed by atoms with Crippen molar-refractivity contribution in [3.63, 3.8) is 0 Å². The summed E-state index contributed by atoms with van der Waals surface area (Å²) in [5.41, 5.74) is 1.09. The number of carbonyl (C=O) groups is 1. The highest BCUT2D eigenvalue weighted by molar-refractivity contribution is 7.64. The minimum absolute atomic E-state index is 0.341. The summed E-state index contributed by atoms with van der Waals surface area (Å²) in [6.07, 6.45) is 4.48. The van der Waals surface area contributed by atoms with Gasteiger partial charge in [-0.15, -0.1) is 33.2 Å². The minimum Gasteiger partial charge on any atom is -0.493 e. The molecule has 0 unspecified atom stereocenters. The van der Waals surface area contributed by atoms with Crippen LogP contribution in [0.2, 0.25) is 6.04 Å². The Labute approximate surface area is 157 Å². The van der Waals surface area contributed by atoms with Gasteiger partial charge in [0.1, 0.15) is 0 Å². The van der Waals surface area contributed by atoms with Crippen molar-refractivity contribution in [1.82, 2.24) is 0 Å². The molecule has 0 spiro atoms. The van der Waals surface area contributed by atoms with Gasteiger partial charge in [0.05, 0.1) is 14.2 Å². The van der Waals surface area contributed by atoms with Crippen LogP contribution in [0, 0.1) is 0 Å². The van der Waals surface area contributed by atoms with Crippen molar-refractivity contribution in [3.8, 4) is 11.5 Å². The average Bonchev–Trinajstić information content (AvgIpc) is 2.51. The lowest BCUT2D eigenvalue weighted by Crippen LogP contribution is -2.07. The number of hydrogen-bond donors (Lipinski definition) is 1. The maximum absolute atomic E-state index is 11.4. The van der Waals surface area contributed by atoms with Gasteiger partial charge in [-0.2, -0.15) is 0 Å². The lowest BCUT2D eigenvalue weighted by Gasteiger charge is -2.09. The summed E-state index contributed by atoms with van der Waals surface area (Å²) >= 11 is 17.5. The topological polar surface area (TPSA) is 55.8 Å². The average molecular weight is 412 g/mol. The summed E-state index contributed by atoms with van der Waals surface area (Å²) in [4.78, 5) is 11.4. The van der Waals surface area contributed by atoms with Crippen LogP contribution in [0.3, 0.4) is 0 Å². The van der Waals surface area contributed by atoms with Gasteiger partial charge < -0.3 is 14.6 Å². The van der Waals surface area contributed by atoms with E-state index in [9.17, 15) is 9.90 Å². The quantitative estimate of drug-likeness (QED) is 0.243. The molecule has 0 atom stereocenters. The number of aliphatic carboxylic acids is 1. The van der Waals surface area contributed by atoms with Crippen LogP contribution >= 0.6 is 33.2 Å². The van der Waals surface area contributed by atoms with Crippen molar-refractivity contribution in [2.45, 2.75) is 31.7 Å². The fraction of sp³-hybridized carbons (Fsp3) is 0.438. The molecule has 0 saturated carbocycles. The SMILES string of the molecule is COc1ccc(/C=C(\CCCCC[Si](Cl)(Cl)Cl)C(=O)O)cc1OC. The molecule has 0 aliphatic heterocycles. The van der Waals surface area contributed by atoms with E-state index in [4.69, 9.17) is 42.7 Å². The van der Waals surface area contributed by atoms with E-state index in [0.29, 0.717) is 29.5 Å². The Balaban J connectivity index is 2.71. The number of unbranched alkanes of at least 4 members (excludes halogenated alkanes) is 2. The first kappa shape index (κ1) is 21.2. The summed E-state index contributed by atoms with van der Waals surface area (Å²) in [5, 5.41) is 9.37. The first-order valence-electron chi connectivity index (χ1n) is 7.49. The zero-order valence-corrected chi connectivity index (χ0v) is 16.9. The summed E-state index contributed by atoms with van der Waals surface area (Å²) in [6, 6.07) is 3.30. The smallest absolute Gasteiger partial charge is 0.341 e. The van der Waals surface area contributed by atoms with Crippen molar-refractivity contribution in [2.75, 3.05) is 14.2 Å². The monoisotopic (exact) mass is 410 g/mol. The van der Waals surface area contributed by atoms with Crippen LogP contribution in [0.5, 0.6) is 11.5 Å². The van der Waals surface area contributed by atoms with Crippen LogP contribution in [0.1, 0.15) is 31.2 Å². The minimum atomic E-state index is -2.58. The van der Waals surface area contributed by atoms with Gasteiger partial charge in [-0.05, 0) is 42.7 Å². The van der Waals surface area contributed by atoms with E-state index in [1.54, 1.807) is 31.4 Å². The van der Waals surface area contributed by atoms with E-state index >= 15 is 0 Å². The molecule has 0 heterocycles. The zero-order valence-electron chi connectivity index (χ0n) is 13.7. The van der Waals surface area contributed by atoms with Crippen LogP contribution in [0.4, 0.5) is 0 Å². The van der Waals surface area contributed by atoms with Crippen molar-refractivity contribution < 1.29 is 19.4 Å². The third kappa shape index (κ3) is 7.79. The number of hydrogen-bond acceptors (Lipinski definition) is 3. The fourth-order valence-electron chi connectivity index (χ4n) is 2.20. The van der Waals surface area contributed by atoms with Crippen LogP contribution in [-0.4, -0.2) is 31.3 Å². The van der Waals surface area contributed by atoms with Crippen molar-refractivity contribution in [2.24, 2.45) is 0 Å². The Morgan fingerprint density at radius 3 is 2.33 bits per heavy atom. The number of methoxy groups -OCH3 is 2. The van der Waals surface area contributed by atoms with Gasteiger partial charge in [-0.25, -0.2) is 4.79 Å². The fourth-order valence-corrected chi connectivity index (χ4v) is 4.06. The first-order chi connectivity index (χ1) is 11.3. The number of halogens is 3. The number of benzene rings is 1. The lowest BCUT2D eigenvalue weighted by atomic mass is 10.0. The molecule has 1 N–H and O–H groups in total.